The van der Waals surface area contributed by atoms with Crippen LogP contribution in [0.2, 0.25) is 0 Å². The molecule has 0 aliphatic rings. The quantitative estimate of drug-likeness (QED) is 0.595. The van der Waals surface area contributed by atoms with Crippen LogP contribution in [0, 0.1) is 0 Å². The molecule has 0 unspecified atom stereocenters. The van der Waals surface area contributed by atoms with Crippen molar-refractivity contribution < 1.29 is 32.5 Å². The second kappa shape index (κ2) is 9.82. The van der Waals surface area contributed by atoms with Gasteiger partial charge in [0, 0.05) is 26.7 Å². The maximum absolute atomic E-state index is 11.8. The summed E-state index contributed by atoms with van der Waals surface area (Å²) < 4.78 is 44.6. The van der Waals surface area contributed by atoms with E-state index < -0.39 is 18.8 Å². The number of methoxy groups -OCH3 is 1. The summed E-state index contributed by atoms with van der Waals surface area (Å²) in [6, 6.07) is -0.485. The van der Waals surface area contributed by atoms with Crippen LogP contribution in [0.3, 0.4) is 0 Å². The molecule has 0 rings (SSSR count). The Labute approximate surface area is 109 Å². The highest BCUT2D eigenvalue weighted by molar-refractivity contribution is 5.74. The number of nitrogens with one attached hydrogen (secondary N) is 1. The molecule has 2 N–H and O–H groups in total. The number of ether oxygens (including phenoxy) is 2. The molecular formula is C10H19F3N2O4. The number of urea groups is 1. The van der Waals surface area contributed by atoms with E-state index in [1.165, 1.54) is 12.0 Å². The van der Waals surface area contributed by atoms with Crippen molar-refractivity contribution in [1.29, 1.82) is 0 Å². The molecule has 0 radical (unpaired) electrons. The molecule has 6 nitrogen and oxygen atoms in total. The van der Waals surface area contributed by atoms with Gasteiger partial charge in [-0.1, -0.05) is 0 Å². The number of nitrogens with zero attached hydrogens (tertiary/aromatic N) is 1. The molecule has 0 aromatic rings. The smallest absolute Gasteiger partial charge is 0.395 e. The Bertz CT molecular complexity index is 251. The van der Waals surface area contributed by atoms with E-state index in [0.29, 0.717) is 6.61 Å². The van der Waals surface area contributed by atoms with Crippen LogP contribution >= 0.6 is 0 Å². The Hall–Kier alpha value is -1.06. The zero-order valence-corrected chi connectivity index (χ0v) is 10.7. The maximum Gasteiger partial charge on any atom is 0.411 e. The summed E-state index contributed by atoms with van der Waals surface area (Å²) in [4.78, 5) is 12.7. The fraction of sp³-hybridized carbons (Fsp3) is 0.900. The molecule has 0 fully saturated rings. The molecule has 114 valence electrons. The van der Waals surface area contributed by atoms with Crippen LogP contribution < -0.4 is 5.32 Å². The molecule has 0 heterocycles. The van der Waals surface area contributed by atoms with E-state index in [4.69, 9.17) is 9.84 Å². The van der Waals surface area contributed by atoms with Crippen LogP contribution in [0.25, 0.3) is 0 Å². The predicted octanol–water partition coefficient (Wildman–Crippen LogP) is 0.216. The molecule has 0 aliphatic heterocycles. The van der Waals surface area contributed by atoms with Gasteiger partial charge in [0.2, 0.25) is 0 Å². The van der Waals surface area contributed by atoms with E-state index in [2.05, 4.69) is 10.1 Å². The van der Waals surface area contributed by atoms with E-state index in [1.54, 1.807) is 0 Å². The van der Waals surface area contributed by atoms with E-state index in [-0.39, 0.29) is 32.8 Å². The third kappa shape index (κ3) is 10.5. The van der Waals surface area contributed by atoms with Crippen molar-refractivity contribution >= 4 is 6.03 Å². The molecule has 9 heteroatoms. The lowest BCUT2D eigenvalue weighted by Crippen LogP contribution is -2.44. The van der Waals surface area contributed by atoms with E-state index in [9.17, 15) is 18.0 Å². The molecule has 0 aromatic heterocycles. The number of aliphatic hydroxyl groups excluding tert-OH is 1. The summed E-state index contributed by atoms with van der Waals surface area (Å²) in [6.07, 6.45) is -4.39. The molecule has 2 amide bonds. The minimum atomic E-state index is -4.39. The Morgan fingerprint density at radius 3 is 2.53 bits per heavy atom. The van der Waals surface area contributed by atoms with Crippen LogP contribution in [0.15, 0.2) is 0 Å². The molecule has 0 aromatic carbocycles. The first kappa shape index (κ1) is 17.9. The van der Waals surface area contributed by atoms with Crippen molar-refractivity contribution in [1.82, 2.24) is 10.2 Å². The zero-order chi connectivity index (χ0) is 14.7. The van der Waals surface area contributed by atoms with Gasteiger partial charge in [-0.2, -0.15) is 13.2 Å². The van der Waals surface area contributed by atoms with Gasteiger partial charge in [-0.3, -0.25) is 0 Å². The van der Waals surface area contributed by atoms with E-state index in [1.807, 2.05) is 0 Å². The van der Waals surface area contributed by atoms with Crippen molar-refractivity contribution in [2.45, 2.75) is 6.18 Å². The molecule has 0 atom stereocenters. The summed E-state index contributed by atoms with van der Waals surface area (Å²) >= 11 is 0. The number of amides is 2. The number of rotatable bonds is 9. The van der Waals surface area contributed by atoms with Crippen molar-refractivity contribution in [3.05, 3.63) is 0 Å². The van der Waals surface area contributed by atoms with Gasteiger partial charge < -0.3 is 24.8 Å². The fourth-order valence-corrected chi connectivity index (χ4v) is 1.17. The molecule has 0 saturated heterocycles. The van der Waals surface area contributed by atoms with Crippen molar-refractivity contribution in [3.63, 3.8) is 0 Å². The van der Waals surface area contributed by atoms with Gasteiger partial charge in [-0.15, -0.1) is 0 Å². The summed E-state index contributed by atoms with van der Waals surface area (Å²) in [6.45, 7) is -1.30. The first-order valence-corrected chi connectivity index (χ1v) is 5.67. The first-order valence-electron chi connectivity index (χ1n) is 5.67. The number of hydrogen-bond donors (Lipinski definition) is 2. The predicted molar refractivity (Wildman–Crippen MR) is 60.8 cm³/mol. The lowest BCUT2D eigenvalue weighted by molar-refractivity contribution is -0.174. The average Bonchev–Trinajstić information content (AvgIpc) is 2.32. The van der Waals surface area contributed by atoms with Gasteiger partial charge in [0.05, 0.1) is 19.8 Å². The summed E-state index contributed by atoms with van der Waals surface area (Å²) in [5.41, 5.74) is 0. The van der Waals surface area contributed by atoms with Crippen molar-refractivity contribution in [3.8, 4) is 0 Å². The monoisotopic (exact) mass is 288 g/mol. The highest BCUT2D eigenvalue weighted by atomic mass is 19.4. The standard InChI is InChI=1S/C10H19F3N2O4/c1-18-6-2-14-9(17)15(3-5-16)4-7-19-8-10(11,12)13/h16H,2-8H2,1H3,(H,14,17). The van der Waals surface area contributed by atoms with Crippen LogP contribution in [-0.4, -0.2) is 75.4 Å². The van der Waals surface area contributed by atoms with Crippen molar-refractivity contribution in [2.24, 2.45) is 0 Å². The van der Waals surface area contributed by atoms with E-state index >= 15 is 0 Å². The Balaban J connectivity index is 3.93. The lowest BCUT2D eigenvalue weighted by Gasteiger charge is -2.22. The highest BCUT2D eigenvalue weighted by Gasteiger charge is 2.27. The van der Waals surface area contributed by atoms with Gasteiger partial charge in [-0.05, 0) is 0 Å². The SMILES string of the molecule is COCCNC(=O)N(CCO)CCOCC(F)(F)F. The molecule has 0 aliphatic carbocycles. The second-order valence-corrected chi connectivity index (χ2v) is 3.60. The first-order chi connectivity index (χ1) is 8.90. The summed E-state index contributed by atoms with van der Waals surface area (Å²) in [5, 5.41) is 11.3. The molecule has 0 spiro atoms. The topological polar surface area (TPSA) is 71.0 Å². The second-order valence-electron chi connectivity index (χ2n) is 3.60. The normalized spacial score (nSPS) is 11.4. The third-order valence-corrected chi connectivity index (χ3v) is 2.01. The van der Waals surface area contributed by atoms with Gasteiger partial charge >= 0.3 is 12.2 Å². The lowest BCUT2D eigenvalue weighted by atomic mass is 10.5. The Morgan fingerprint density at radius 1 is 1.32 bits per heavy atom. The Morgan fingerprint density at radius 2 is 2.00 bits per heavy atom. The van der Waals surface area contributed by atoms with Gasteiger partial charge in [-0.25, -0.2) is 4.79 Å². The van der Waals surface area contributed by atoms with Crippen molar-refractivity contribution in [2.75, 3.05) is 53.2 Å². The average molecular weight is 288 g/mol. The number of alkyl halides is 3. The minimum absolute atomic E-state index is 0.0220. The number of hydrogen-bond acceptors (Lipinski definition) is 4. The van der Waals surface area contributed by atoms with Gasteiger partial charge in [0.15, 0.2) is 0 Å². The molecule has 0 saturated carbocycles. The largest absolute Gasteiger partial charge is 0.411 e. The van der Waals surface area contributed by atoms with Crippen LogP contribution in [0.5, 0.6) is 0 Å². The minimum Gasteiger partial charge on any atom is -0.395 e. The van der Waals surface area contributed by atoms with Gasteiger partial charge in [0.25, 0.3) is 0 Å². The number of carbonyl (C=O) groups is 1. The molecular weight excluding hydrogens is 269 g/mol. The summed E-state index contributed by atoms with van der Waals surface area (Å²) in [5.74, 6) is 0. The maximum atomic E-state index is 11.8. The molecule has 0 bridgehead atoms. The highest BCUT2D eigenvalue weighted by Crippen LogP contribution is 2.14. The van der Waals surface area contributed by atoms with Gasteiger partial charge in [0.1, 0.15) is 6.61 Å². The van der Waals surface area contributed by atoms with Crippen LogP contribution in [0.1, 0.15) is 0 Å². The van der Waals surface area contributed by atoms with E-state index in [0.717, 1.165) is 0 Å². The molecule has 19 heavy (non-hydrogen) atoms. The number of aliphatic hydroxyl groups is 1. The summed E-state index contributed by atoms with van der Waals surface area (Å²) in [7, 11) is 1.47. The third-order valence-electron chi connectivity index (χ3n) is 2.01. The van der Waals surface area contributed by atoms with Crippen LogP contribution in [0.4, 0.5) is 18.0 Å². The van der Waals surface area contributed by atoms with Crippen LogP contribution in [-0.2, 0) is 9.47 Å². The Kier molecular flexibility index (Phi) is 9.27. The number of halogens is 3. The zero-order valence-electron chi connectivity index (χ0n) is 10.7. The fourth-order valence-electron chi connectivity index (χ4n) is 1.17. The number of carbonyl (C=O) groups excluding carboxylic acids is 1.